The lowest BCUT2D eigenvalue weighted by atomic mass is 10.1. The van der Waals surface area contributed by atoms with Crippen LogP contribution < -0.4 is 5.73 Å². The predicted molar refractivity (Wildman–Crippen MR) is 63.8 cm³/mol. The van der Waals surface area contributed by atoms with Crippen molar-refractivity contribution in [1.29, 1.82) is 0 Å². The van der Waals surface area contributed by atoms with Crippen LogP contribution >= 0.6 is 0 Å². The molecule has 0 saturated heterocycles. The Labute approximate surface area is 92.1 Å². The maximum Gasteiger partial charge on any atom is 0.0330 e. The van der Waals surface area contributed by atoms with Gasteiger partial charge in [-0.3, -0.25) is 4.90 Å². The Balaban J connectivity index is 1.84. The van der Waals surface area contributed by atoms with E-state index >= 15 is 0 Å². The van der Waals surface area contributed by atoms with Crippen molar-refractivity contribution in [3.05, 3.63) is 35.9 Å². The fourth-order valence-corrected chi connectivity index (χ4v) is 2.06. The second-order valence-electron chi connectivity index (χ2n) is 4.59. The topological polar surface area (TPSA) is 29.3 Å². The van der Waals surface area contributed by atoms with Gasteiger partial charge in [0.15, 0.2) is 0 Å². The molecule has 0 aliphatic heterocycles. The first-order chi connectivity index (χ1) is 7.27. The molecule has 1 aliphatic rings. The molecule has 0 bridgehead atoms. The summed E-state index contributed by atoms with van der Waals surface area (Å²) < 4.78 is 0. The fourth-order valence-electron chi connectivity index (χ4n) is 2.06. The van der Waals surface area contributed by atoms with E-state index in [-0.39, 0.29) is 0 Å². The lowest BCUT2D eigenvalue weighted by Gasteiger charge is -2.26. The molecule has 0 heterocycles. The highest BCUT2D eigenvalue weighted by Crippen LogP contribution is 2.39. The van der Waals surface area contributed by atoms with Crippen molar-refractivity contribution < 1.29 is 0 Å². The van der Waals surface area contributed by atoms with Gasteiger partial charge < -0.3 is 5.73 Å². The van der Waals surface area contributed by atoms with Gasteiger partial charge in [0.1, 0.15) is 0 Å². The second-order valence-corrected chi connectivity index (χ2v) is 4.59. The number of nitrogens with two attached hydrogens (primary N) is 1. The van der Waals surface area contributed by atoms with Crippen LogP contribution in [0.4, 0.5) is 0 Å². The first kappa shape index (κ1) is 10.7. The third-order valence-electron chi connectivity index (χ3n) is 3.60. The minimum atomic E-state index is 0.342. The average molecular weight is 204 g/mol. The Morgan fingerprint density at radius 2 is 1.93 bits per heavy atom. The van der Waals surface area contributed by atoms with Crippen LogP contribution in [0.5, 0.6) is 0 Å². The van der Waals surface area contributed by atoms with E-state index in [1.807, 2.05) is 0 Å². The molecule has 2 heteroatoms. The minimum absolute atomic E-state index is 0.342. The minimum Gasteiger partial charge on any atom is -0.329 e. The van der Waals surface area contributed by atoms with Crippen LogP contribution in [0.15, 0.2) is 30.3 Å². The van der Waals surface area contributed by atoms with Crippen molar-refractivity contribution in [2.75, 3.05) is 20.1 Å². The van der Waals surface area contributed by atoms with E-state index in [2.05, 4.69) is 42.3 Å². The van der Waals surface area contributed by atoms with E-state index in [0.29, 0.717) is 5.54 Å². The van der Waals surface area contributed by atoms with E-state index in [9.17, 15) is 0 Å². The monoisotopic (exact) mass is 204 g/mol. The van der Waals surface area contributed by atoms with Crippen molar-refractivity contribution in [1.82, 2.24) is 4.90 Å². The summed E-state index contributed by atoms with van der Waals surface area (Å²) in [6, 6.07) is 10.7. The summed E-state index contributed by atoms with van der Waals surface area (Å²) in [6.07, 6.45) is 3.67. The quantitative estimate of drug-likeness (QED) is 0.790. The molecule has 15 heavy (non-hydrogen) atoms. The summed E-state index contributed by atoms with van der Waals surface area (Å²) in [5.41, 5.74) is 7.55. The van der Waals surface area contributed by atoms with Crippen molar-refractivity contribution in [3.63, 3.8) is 0 Å². The highest BCUT2D eigenvalue weighted by molar-refractivity contribution is 5.15. The number of nitrogens with zero attached hydrogens (tertiary/aromatic N) is 1. The van der Waals surface area contributed by atoms with Gasteiger partial charge in [0, 0.05) is 18.6 Å². The molecule has 1 fully saturated rings. The second kappa shape index (κ2) is 4.33. The predicted octanol–water partition coefficient (Wildman–Crippen LogP) is 1.65. The number of hydrogen-bond donors (Lipinski definition) is 1. The number of benzene rings is 1. The van der Waals surface area contributed by atoms with E-state index in [4.69, 9.17) is 5.73 Å². The Morgan fingerprint density at radius 3 is 2.47 bits per heavy atom. The molecule has 82 valence electrons. The van der Waals surface area contributed by atoms with Gasteiger partial charge in [-0.1, -0.05) is 30.3 Å². The molecule has 1 aromatic rings. The van der Waals surface area contributed by atoms with Gasteiger partial charge in [-0.2, -0.15) is 0 Å². The van der Waals surface area contributed by atoms with Gasteiger partial charge >= 0.3 is 0 Å². The largest absolute Gasteiger partial charge is 0.329 e. The van der Waals surface area contributed by atoms with Crippen molar-refractivity contribution in [3.8, 4) is 0 Å². The molecule has 1 aliphatic carbocycles. The highest BCUT2D eigenvalue weighted by Gasteiger charge is 2.44. The smallest absolute Gasteiger partial charge is 0.0330 e. The molecule has 2 rings (SSSR count). The molecule has 2 nitrogen and oxygen atoms in total. The molecule has 0 radical (unpaired) electrons. The van der Waals surface area contributed by atoms with Crippen LogP contribution in [-0.2, 0) is 6.42 Å². The number of likely N-dealkylation sites (N-methyl/N-ethyl adjacent to an activating group) is 1. The standard InChI is InChI=1S/C13H20N2/c1-15(13(11-14)8-9-13)10-7-12-5-3-2-4-6-12/h2-6H,7-11,14H2,1H3. The maximum absolute atomic E-state index is 5.80. The van der Waals surface area contributed by atoms with Gasteiger partial charge in [0.25, 0.3) is 0 Å². The average Bonchev–Trinajstić information content (AvgIpc) is 3.08. The zero-order valence-electron chi connectivity index (χ0n) is 9.45. The fraction of sp³-hybridized carbons (Fsp3) is 0.538. The van der Waals surface area contributed by atoms with Crippen LogP contribution in [-0.4, -0.2) is 30.6 Å². The van der Waals surface area contributed by atoms with Crippen LogP contribution in [0, 0.1) is 0 Å². The molecule has 0 unspecified atom stereocenters. The number of hydrogen-bond acceptors (Lipinski definition) is 2. The van der Waals surface area contributed by atoms with Crippen molar-refractivity contribution in [2.24, 2.45) is 5.73 Å². The zero-order valence-corrected chi connectivity index (χ0v) is 9.45. The van der Waals surface area contributed by atoms with Crippen LogP contribution in [0.3, 0.4) is 0 Å². The lowest BCUT2D eigenvalue weighted by Crippen LogP contribution is -2.41. The zero-order chi connectivity index (χ0) is 10.7. The summed E-state index contributed by atoms with van der Waals surface area (Å²) in [5, 5.41) is 0. The SMILES string of the molecule is CN(CCc1ccccc1)C1(CN)CC1. The van der Waals surface area contributed by atoms with E-state index in [1.165, 1.54) is 18.4 Å². The molecule has 0 aromatic heterocycles. The van der Waals surface area contributed by atoms with Crippen molar-refractivity contribution >= 4 is 0 Å². The Kier molecular flexibility index (Phi) is 3.08. The summed E-state index contributed by atoms with van der Waals surface area (Å²) >= 11 is 0. The maximum atomic E-state index is 5.80. The molecule has 0 amide bonds. The Morgan fingerprint density at radius 1 is 1.27 bits per heavy atom. The molecule has 0 atom stereocenters. The van der Waals surface area contributed by atoms with E-state index in [1.54, 1.807) is 0 Å². The van der Waals surface area contributed by atoms with Crippen molar-refractivity contribution in [2.45, 2.75) is 24.8 Å². The van der Waals surface area contributed by atoms with Gasteiger partial charge in [-0.05, 0) is 31.9 Å². The molecule has 1 aromatic carbocycles. The van der Waals surface area contributed by atoms with Gasteiger partial charge in [0.05, 0.1) is 0 Å². The van der Waals surface area contributed by atoms with Crippen LogP contribution in [0.2, 0.25) is 0 Å². The Bertz CT molecular complexity index is 304. The lowest BCUT2D eigenvalue weighted by molar-refractivity contribution is 0.230. The first-order valence-electron chi connectivity index (χ1n) is 5.72. The first-order valence-corrected chi connectivity index (χ1v) is 5.72. The molecular weight excluding hydrogens is 184 g/mol. The van der Waals surface area contributed by atoms with Crippen LogP contribution in [0.25, 0.3) is 0 Å². The summed E-state index contributed by atoms with van der Waals surface area (Å²) in [5.74, 6) is 0. The Hall–Kier alpha value is -0.860. The van der Waals surface area contributed by atoms with Gasteiger partial charge in [0.2, 0.25) is 0 Å². The third kappa shape index (κ3) is 2.39. The summed E-state index contributed by atoms with van der Waals surface area (Å²) in [4.78, 5) is 2.43. The van der Waals surface area contributed by atoms with E-state index < -0.39 is 0 Å². The summed E-state index contributed by atoms with van der Waals surface area (Å²) in [7, 11) is 2.20. The molecular formula is C13H20N2. The summed E-state index contributed by atoms with van der Waals surface area (Å²) in [6.45, 7) is 1.92. The molecule has 0 spiro atoms. The van der Waals surface area contributed by atoms with Gasteiger partial charge in [-0.25, -0.2) is 0 Å². The number of rotatable bonds is 5. The third-order valence-corrected chi connectivity index (χ3v) is 3.60. The van der Waals surface area contributed by atoms with Gasteiger partial charge in [-0.15, -0.1) is 0 Å². The van der Waals surface area contributed by atoms with E-state index in [0.717, 1.165) is 19.5 Å². The molecule has 1 saturated carbocycles. The highest BCUT2D eigenvalue weighted by atomic mass is 15.2. The molecule has 2 N–H and O–H groups in total. The van der Waals surface area contributed by atoms with Crippen LogP contribution in [0.1, 0.15) is 18.4 Å². The normalized spacial score (nSPS) is 18.1.